The molecule has 4 heteroatoms. The lowest BCUT2D eigenvalue weighted by atomic mass is 10.0. The van der Waals surface area contributed by atoms with Gasteiger partial charge in [-0.25, -0.2) is 0 Å². The second-order valence-electron chi connectivity index (χ2n) is 6.55. The molecule has 0 radical (unpaired) electrons. The molecule has 1 amide bonds. The maximum Gasteiger partial charge on any atom is 0.239 e. The molecule has 1 aromatic carbocycles. The maximum atomic E-state index is 12.6. The summed E-state index contributed by atoms with van der Waals surface area (Å²) in [4.78, 5) is 16.4. The second-order valence-corrected chi connectivity index (χ2v) is 6.55. The van der Waals surface area contributed by atoms with E-state index in [1.165, 1.54) is 0 Å². The number of carbonyl (C=O) groups excluding carboxylic acids is 1. The van der Waals surface area contributed by atoms with Crippen LogP contribution < -0.4 is 0 Å². The van der Waals surface area contributed by atoms with E-state index in [1.54, 1.807) is 4.90 Å². The average Bonchev–Trinajstić information content (AvgIpc) is 2.91. The molecule has 22 heavy (non-hydrogen) atoms. The fourth-order valence-electron chi connectivity index (χ4n) is 3.20. The standard InChI is InChI=1S/C18H28N2O2/c1-14(19(2)13-16-10-7-11-17(16)21)18(22)20(3)12-15-8-5-4-6-9-15/h4-6,8-9,14,16-17,21H,7,10-13H2,1-3H3. The molecule has 1 aliphatic rings. The molecule has 3 atom stereocenters. The van der Waals surface area contributed by atoms with Gasteiger partial charge >= 0.3 is 0 Å². The van der Waals surface area contributed by atoms with Gasteiger partial charge in [0.05, 0.1) is 12.1 Å². The van der Waals surface area contributed by atoms with Gasteiger partial charge in [-0.05, 0) is 38.3 Å². The third-order valence-corrected chi connectivity index (χ3v) is 4.80. The quantitative estimate of drug-likeness (QED) is 0.875. The zero-order valence-corrected chi connectivity index (χ0v) is 13.9. The predicted octanol–water partition coefficient (Wildman–Crippen LogP) is 2.13. The van der Waals surface area contributed by atoms with Crippen LogP contribution in [0, 0.1) is 5.92 Å². The number of nitrogens with zero attached hydrogens (tertiary/aromatic N) is 2. The van der Waals surface area contributed by atoms with Crippen molar-refractivity contribution in [1.29, 1.82) is 0 Å². The van der Waals surface area contributed by atoms with Gasteiger partial charge in [0.1, 0.15) is 0 Å². The minimum absolute atomic E-state index is 0.124. The zero-order chi connectivity index (χ0) is 16.1. The highest BCUT2D eigenvalue weighted by Gasteiger charge is 2.29. The molecule has 1 saturated carbocycles. The molecule has 2 rings (SSSR count). The van der Waals surface area contributed by atoms with Crippen molar-refractivity contribution >= 4 is 5.91 Å². The Morgan fingerprint density at radius 1 is 1.27 bits per heavy atom. The monoisotopic (exact) mass is 304 g/mol. The first-order valence-corrected chi connectivity index (χ1v) is 8.16. The molecule has 1 aliphatic carbocycles. The molecule has 1 aromatic rings. The number of aliphatic hydroxyl groups excluding tert-OH is 1. The predicted molar refractivity (Wildman–Crippen MR) is 88.4 cm³/mol. The third-order valence-electron chi connectivity index (χ3n) is 4.80. The smallest absolute Gasteiger partial charge is 0.239 e. The first-order valence-electron chi connectivity index (χ1n) is 8.16. The molecular formula is C18H28N2O2. The Hall–Kier alpha value is -1.39. The molecule has 122 valence electrons. The van der Waals surface area contributed by atoms with Gasteiger partial charge in [-0.15, -0.1) is 0 Å². The maximum absolute atomic E-state index is 12.6. The summed E-state index contributed by atoms with van der Waals surface area (Å²) in [6.45, 7) is 3.36. The van der Waals surface area contributed by atoms with E-state index in [1.807, 2.05) is 51.4 Å². The summed E-state index contributed by atoms with van der Waals surface area (Å²) in [5, 5.41) is 9.94. The normalized spacial score (nSPS) is 22.8. The molecule has 3 unspecified atom stereocenters. The number of hydrogen-bond acceptors (Lipinski definition) is 3. The van der Waals surface area contributed by atoms with Crippen LogP contribution in [0.5, 0.6) is 0 Å². The summed E-state index contributed by atoms with van der Waals surface area (Å²) in [5.41, 5.74) is 1.14. The lowest BCUT2D eigenvalue weighted by Gasteiger charge is -2.30. The van der Waals surface area contributed by atoms with Crippen molar-refractivity contribution in [2.75, 3.05) is 20.6 Å². The van der Waals surface area contributed by atoms with E-state index in [-0.39, 0.29) is 18.1 Å². The second kappa shape index (κ2) is 7.75. The molecule has 0 aliphatic heterocycles. The lowest BCUT2D eigenvalue weighted by Crippen LogP contribution is -2.46. The van der Waals surface area contributed by atoms with Crippen molar-refractivity contribution in [2.24, 2.45) is 5.92 Å². The van der Waals surface area contributed by atoms with Crippen molar-refractivity contribution in [3.05, 3.63) is 35.9 Å². The Labute approximate surface area is 133 Å². The van der Waals surface area contributed by atoms with E-state index in [4.69, 9.17) is 0 Å². The Morgan fingerprint density at radius 2 is 1.95 bits per heavy atom. The zero-order valence-electron chi connectivity index (χ0n) is 13.9. The van der Waals surface area contributed by atoms with E-state index < -0.39 is 0 Å². The van der Waals surface area contributed by atoms with Crippen LogP contribution in [0.2, 0.25) is 0 Å². The Balaban J connectivity index is 1.87. The molecule has 0 saturated heterocycles. The van der Waals surface area contributed by atoms with Crippen molar-refractivity contribution in [3.63, 3.8) is 0 Å². The molecule has 4 nitrogen and oxygen atoms in total. The fraction of sp³-hybridized carbons (Fsp3) is 0.611. The van der Waals surface area contributed by atoms with Crippen molar-refractivity contribution in [1.82, 2.24) is 9.80 Å². The van der Waals surface area contributed by atoms with Crippen LogP contribution in [-0.2, 0) is 11.3 Å². The molecule has 0 spiro atoms. The van der Waals surface area contributed by atoms with Crippen LogP contribution in [0.25, 0.3) is 0 Å². The SMILES string of the molecule is CC(C(=O)N(C)Cc1ccccc1)N(C)CC1CCCC1O. The van der Waals surface area contributed by atoms with E-state index in [9.17, 15) is 9.90 Å². The summed E-state index contributed by atoms with van der Waals surface area (Å²) >= 11 is 0. The topological polar surface area (TPSA) is 43.8 Å². The largest absolute Gasteiger partial charge is 0.393 e. The summed E-state index contributed by atoms with van der Waals surface area (Å²) in [6, 6.07) is 9.87. The minimum atomic E-state index is -0.202. The molecule has 0 bridgehead atoms. The van der Waals surface area contributed by atoms with Crippen LogP contribution in [-0.4, -0.2) is 53.6 Å². The van der Waals surface area contributed by atoms with Crippen LogP contribution in [0.15, 0.2) is 30.3 Å². The minimum Gasteiger partial charge on any atom is -0.393 e. The van der Waals surface area contributed by atoms with Crippen molar-refractivity contribution in [3.8, 4) is 0 Å². The summed E-state index contributed by atoms with van der Waals surface area (Å²) in [5.74, 6) is 0.429. The summed E-state index contributed by atoms with van der Waals surface area (Å²) in [7, 11) is 3.83. The van der Waals surface area contributed by atoms with Crippen LogP contribution >= 0.6 is 0 Å². The number of carbonyl (C=O) groups is 1. The van der Waals surface area contributed by atoms with E-state index in [2.05, 4.69) is 4.90 Å². The Morgan fingerprint density at radius 3 is 2.55 bits per heavy atom. The molecule has 1 N–H and O–H groups in total. The highest BCUT2D eigenvalue weighted by atomic mass is 16.3. The van der Waals surface area contributed by atoms with E-state index >= 15 is 0 Å². The van der Waals surface area contributed by atoms with E-state index in [0.29, 0.717) is 12.5 Å². The first-order chi connectivity index (χ1) is 10.5. The third kappa shape index (κ3) is 4.31. The number of likely N-dealkylation sites (N-methyl/N-ethyl adjacent to an activating group) is 2. The molecule has 1 fully saturated rings. The van der Waals surface area contributed by atoms with Crippen LogP contribution in [0.4, 0.5) is 0 Å². The van der Waals surface area contributed by atoms with E-state index in [0.717, 1.165) is 31.4 Å². The molecular weight excluding hydrogens is 276 g/mol. The number of benzene rings is 1. The van der Waals surface area contributed by atoms with Crippen LogP contribution in [0.3, 0.4) is 0 Å². The van der Waals surface area contributed by atoms with Gasteiger partial charge < -0.3 is 10.0 Å². The van der Waals surface area contributed by atoms with Gasteiger partial charge in [0.25, 0.3) is 0 Å². The summed E-state index contributed by atoms with van der Waals surface area (Å²) in [6.07, 6.45) is 2.85. The average molecular weight is 304 g/mol. The van der Waals surface area contributed by atoms with Gasteiger partial charge in [0, 0.05) is 20.1 Å². The van der Waals surface area contributed by atoms with Crippen molar-refractivity contribution < 1.29 is 9.90 Å². The van der Waals surface area contributed by atoms with Gasteiger partial charge in [0.15, 0.2) is 0 Å². The summed E-state index contributed by atoms with van der Waals surface area (Å²) < 4.78 is 0. The Bertz CT molecular complexity index is 477. The molecule has 0 heterocycles. The first kappa shape index (κ1) is 17.0. The number of hydrogen-bond donors (Lipinski definition) is 1. The van der Waals surface area contributed by atoms with Crippen LogP contribution in [0.1, 0.15) is 31.7 Å². The highest BCUT2D eigenvalue weighted by molar-refractivity contribution is 5.81. The number of rotatable bonds is 6. The Kier molecular flexibility index (Phi) is 5.98. The van der Waals surface area contributed by atoms with Gasteiger partial charge in [0.2, 0.25) is 5.91 Å². The van der Waals surface area contributed by atoms with Gasteiger partial charge in [-0.3, -0.25) is 9.69 Å². The number of amides is 1. The van der Waals surface area contributed by atoms with Crippen molar-refractivity contribution in [2.45, 2.75) is 44.9 Å². The number of aliphatic hydroxyl groups is 1. The molecule has 0 aromatic heterocycles. The van der Waals surface area contributed by atoms with Gasteiger partial charge in [-0.1, -0.05) is 36.8 Å². The highest BCUT2D eigenvalue weighted by Crippen LogP contribution is 2.26. The lowest BCUT2D eigenvalue weighted by molar-refractivity contribution is -0.135. The fourth-order valence-corrected chi connectivity index (χ4v) is 3.20. The van der Waals surface area contributed by atoms with Gasteiger partial charge in [-0.2, -0.15) is 0 Å².